The summed E-state index contributed by atoms with van der Waals surface area (Å²) in [6.07, 6.45) is 19.1. The number of aromatic hydroxyl groups is 1. The van der Waals surface area contributed by atoms with Gasteiger partial charge in [0.15, 0.2) is 0 Å². The Morgan fingerprint density at radius 3 is 2.62 bits per heavy atom. The second kappa shape index (κ2) is 8.72. The number of benzene rings is 1. The van der Waals surface area contributed by atoms with Crippen LogP contribution in [0.25, 0.3) is 0 Å². The van der Waals surface area contributed by atoms with E-state index in [4.69, 9.17) is 4.98 Å². The van der Waals surface area contributed by atoms with E-state index in [2.05, 4.69) is 47.5 Å². The van der Waals surface area contributed by atoms with E-state index in [0.29, 0.717) is 17.1 Å². The van der Waals surface area contributed by atoms with E-state index in [-0.39, 0.29) is 11.8 Å². The Morgan fingerprint density at radius 2 is 1.91 bits per heavy atom. The van der Waals surface area contributed by atoms with Crippen molar-refractivity contribution >= 4 is 12.1 Å². The number of phenols is 1. The molecule has 1 saturated heterocycles. The van der Waals surface area contributed by atoms with E-state index in [9.17, 15) is 9.90 Å². The van der Waals surface area contributed by atoms with Crippen LogP contribution in [0, 0.1) is 17.3 Å². The zero-order valence-electron chi connectivity index (χ0n) is 19.8. The number of carbonyl (C=O) groups is 1. The summed E-state index contributed by atoms with van der Waals surface area (Å²) >= 11 is 0. The molecule has 6 rings (SSSR count). The molecule has 1 aliphatic heterocycles. The highest BCUT2D eigenvalue weighted by atomic mass is 16.3. The standard InChI is InChI=1S/C30H34N2O2/c33-18-21-12-14-30(15-13-21)19-32(20-30)28-11-7-24(17-31-28)29-26(22-4-2-1-3-5-22)9-6-23-16-25(34)8-10-27(23)29/h2,4-5,7-8,10-11,16-18,21,26,29,34H,1,3,6,9,12-15,19-20H2. The molecule has 1 spiro atoms. The average Bonchev–Trinajstić information content (AvgIpc) is 2.87. The van der Waals surface area contributed by atoms with Crippen LogP contribution in [0.3, 0.4) is 0 Å². The van der Waals surface area contributed by atoms with Crippen LogP contribution in [0.5, 0.6) is 5.75 Å². The minimum atomic E-state index is 0.265. The molecule has 1 N–H and O–H groups in total. The molecule has 1 saturated carbocycles. The van der Waals surface area contributed by atoms with Crippen LogP contribution in [-0.2, 0) is 11.2 Å². The lowest BCUT2D eigenvalue weighted by Crippen LogP contribution is -2.58. The van der Waals surface area contributed by atoms with Crippen LogP contribution >= 0.6 is 0 Å². The van der Waals surface area contributed by atoms with Crippen LogP contribution in [0.1, 0.15) is 67.6 Å². The smallest absolute Gasteiger partial charge is 0.128 e. The SMILES string of the molecule is O=CC1CCC2(CC1)CN(c1ccc(C3c4ccc(O)cc4CCC3C3=CCCC=C3)cn1)C2. The Balaban J connectivity index is 1.24. The number of carbonyl (C=O) groups excluding carboxylic acids is 1. The summed E-state index contributed by atoms with van der Waals surface area (Å²) in [5.74, 6) is 2.42. The van der Waals surface area contributed by atoms with Crippen molar-refractivity contribution in [2.24, 2.45) is 17.3 Å². The Hall–Kier alpha value is -2.88. The van der Waals surface area contributed by atoms with Crippen molar-refractivity contribution in [2.45, 2.75) is 57.3 Å². The van der Waals surface area contributed by atoms with Crippen LogP contribution in [0.2, 0.25) is 0 Å². The summed E-state index contributed by atoms with van der Waals surface area (Å²) in [7, 11) is 0. The predicted molar refractivity (Wildman–Crippen MR) is 135 cm³/mol. The van der Waals surface area contributed by atoms with Crippen molar-refractivity contribution in [1.29, 1.82) is 0 Å². The average molecular weight is 455 g/mol. The van der Waals surface area contributed by atoms with Crippen LogP contribution in [0.15, 0.2) is 60.3 Å². The van der Waals surface area contributed by atoms with Gasteiger partial charge in [-0.15, -0.1) is 0 Å². The summed E-state index contributed by atoms with van der Waals surface area (Å²) in [6.45, 7) is 2.13. The van der Waals surface area contributed by atoms with Gasteiger partial charge in [0.1, 0.15) is 17.9 Å². The molecule has 34 heavy (non-hydrogen) atoms. The molecule has 2 unspecified atom stereocenters. The molecule has 1 aromatic heterocycles. The number of aromatic nitrogens is 1. The van der Waals surface area contributed by atoms with Gasteiger partial charge in [-0.1, -0.05) is 30.4 Å². The molecule has 4 aliphatic rings. The minimum Gasteiger partial charge on any atom is -0.508 e. The number of phenolic OH excluding ortho intramolecular Hbond substituents is 1. The van der Waals surface area contributed by atoms with Gasteiger partial charge >= 0.3 is 0 Å². The first-order valence-electron chi connectivity index (χ1n) is 13.0. The zero-order chi connectivity index (χ0) is 23.1. The van der Waals surface area contributed by atoms with Crippen molar-refractivity contribution < 1.29 is 9.90 Å². The third-order valence-corrected chi connectivity index (χ3v) is 8.83. The van der Waals surface area contributed by atoms with Crippen molar-refractivity contribution in [2.75, 3.05) is 18.0 Å². The summed E-state index contributed by atoms with van der Waals surface area (Å²) in [6, 6.07) is 10.4. The quantitative estimate of drug-likeness (QED) is 0.580. The van der Waals surface area contributed by atoms with Gasteiger partial charge in [-0.25, -0.2) is 4.98 Å². The molecule has 3 aliphatic carbocycles. The highest BCUT2D eigenvalue weighted by molar-refractivity contribution is 5.54. The van der Waals surface area contributed by atoms with Gasteiger partial charge in [-0.05, 0) is 97.7 Å². The first-order valence-corrected chi connectivity index (χ1v) is 13.0. The Morgan fingerprint density at radius 1 is 1.06 bits per heavy atom. The third kappa shape index (κ3) is 3.87. The largest absolute Gasteiger partial charge is 0.508 e. The number of fused-ring (bicyclic) bond motifs is 1. The van der Waals surface area contributed by atoms with Crippen molar-refractivity contribution in [3.63, 3.8) is 0 Å². The number of pyridine rings is 1. The summed E-state index contributed by atoms with van der Waals surface area (Å²) in [5.41, 5.74) is 5.71. The van der Waals surface area contributed by atoms with Crippen molar-refractivity contribution in [3.8, 4) is 5.75 Å². The number of hydrogen-bond donors (Lipinski definition) is 1. The number of allylic oxidation sites excluding steroid dienone is 4. The third-order valence-electron chi connectivity index (χ3n) is 8.83. The molecule has 1 aromatic carbocycles. The van der Waals surface area contributed by atoms with Crippen molar-refractivity contribution in [3.05, 3.63) is 77.0 Å². The minimum absolute atomic E-state index is 0.265. The summed E-state index contributed by atoms with van der Waals surface area (Å²) in [4.78, 5) is 18.4. The van der Waals surface area contributed by atoms with E-state index >= 15 is 0 Å². The maximum absolute atomic E-state index is 11.1. The number of nitrogens with zero attached hydrogens (tertiary/aromatic N) is 2. The first kappa shape index (κ1) is 21.6. The monoisotopic (exact) mass is 454 g/mol. The lowest BCUT2D eigenvalue weighted by Gasteiger charge is -2.53. The molecule has 2 heterocycles. The van der Waals surface area contributed by atoms with Gasteiger partial charge in [0.25, 0.3) is 0 Å². The number of rotatable bonds is 4. The van der Waals surface area contributed by atoms with Crippen LogP contribution < -0.4 is 4.90 Å². The number of hydrogen-bond acceptors (Lipinski definition) is 4. The van der Waals surface area contributed by atoms with Gasteiger partial charge in [0.2, 0.25) is 0 Å². The molecule has 2 atom stereocenters. The number of anilines is 1. The molecule has 4 heteroatoms. The molecule has 2 fully saturated rings. The zero-order valence-corrected chi connectivity index (χ0v) is 19.8. The van der Waals surface area contributed by atoms with Gasteiger partial charge in [-0.2, -0.15) is 0 Å². The Kier molecular flexibility index (Phi) is 5.55. The second-order valence-electron chi connectivity index (χ2n) is 11.0. The summed E-state index contributed by atoms with van der Waals surface area (Å²) in [5, 5.41) is 10.1. The Bertz CT molecular complexity index is 1120. The topological polar surface area (TPSA) is 53.4 Å². The maximum atomic E-state index is 11.1. The normalized spacial score (nSPS) is 26.0. The molecule has 2 aromatic rings. The van der Waals surface area contributed by atoms with E-state index in [1.54, 1.807) is 0 Å². The fraction of sp³-hybridized carbons (Fsp3) is 0.467. The lowest BCUT2D eigenvalue weighted by atomic mass is 9.66. The molecular weight excluding hydrogens is 420 g/mol. The van der Waals surface area contributed by atoms with Gasteiger partial charge < -0.3 is 14.8 Å². The number of aryl methyl sites for hydroxylation is 1. The second-order valence-corrected chi connectivity index (χ2v) is 11.0. The molecule has 0 bridgehead atoms. The van der Waals surface area contributed by atoms with E-state index < -0.39 is 0 Å². The molecule has 4 nitrogen and oxygen atoms in total. The molecule has 0 amide bonds. The molecule has 176 valence electrons. The van der Waals surface area contributed by atoms with Gasteiger partial charge in [0.05, 0.1) is 0 Å². The Labute approximate surface area is 202 Å². The van der Waals surface area contributed by atoms with Gasteiger partial charge in [-0.3, -0.25) is 0 Å². The first-order chi connectivity index (χ1) is 16.6. The molecular formula is C30H34N2O2. The van der Waals surface area contributed by atoms with E-state index in [0.717, 1.165) is 63.7 Å². The molecule has 0 radical (unpaired) electrons. The van der Waals surface area contributed by atoms with Crippen LogP contribution in [0.4, 0.5) is 5.82 Å². The van der Waals surface area contributed by atoms with E-state index in [1.807, 2.05) is 12.1 Å². The van der Waals surface area contributed by atoms with Crippen LogP contribution in [-0.4, -0.2) is 29.5 Å². The fourth-order valence-electron chi connectivity index (χ4n) is 6.88. The van der Waals surface area contributed by atoms with E-state index in [1.165, 1.54) is 35.1 Å². The predicted octanol–water partition coefficient (Wildman–Crippen LogP) is 5.95. The summed E-state index contributed by atoms with van der Waals surface area (Å²) < 4.78 is 0. The fourth-order valence-corrected chi connectivity index (χ4v) is 6.88. The lowest BCUT2D eigenvalue weighted by molar-refractivity contribution is -0.112. The highest BCUT2D eigenvalue weighted by Gasteiger charge is 2.45. The van der Waals surface area contributed by atoms with Crippen molar-refractivity contribution in [1.82, 2.24) is 4.98 Å². The maximum Gasteiger partial charge on any atom is 0.128 e. The van der Waals surface area contributed by atoms with Gasteiger partial charge in [0, 0.05) is 36.5 Å². The number of aldehydes is 1. The highest BCUT2D eigenvalue weighted by Crippen LogP contribution is 2.48.